The lowest BCUT2D eigenvalue weighted by Gasteiger charge is -2.00. The summed E-state index contributed by atoms with van der Waals surface area (Å²) in [4.78, 5) is 5.15. The molecule has 2 heterocycles. The Balaban J connectivity index is 1.85. The lowest BCUT2D eigenvalue weighted by molar-refractivity contribution is 0.0237. The van der Waals surface area contributed by atoms with Crippen molar-refractivity contribution in [3.63, 3.8) is 0 Å². The number of alkyl halides is 2. The second-order valence-corrected chi connectivity index (χ2v) is 6.08. The molecule has 0 saturated heterocycles. The number of aryl methyl sites for hydroxylation is 2. The minimum absolute atomic E-state index is 0.214. The van der Waals surface area contributed by atoms with Gasteiger partial charge in [-0.3, -0.25) is 0 Å². The van der Waals surface area contributed by atoms with Crippen molar-refractivity contribution in [3.05, 3.63) is 10.7 Å². The minimum Gasteiger partial charge on any atom is -0.410 e. The van der Waals surface area contributed by atoms with Crippen LogP contribution in [0.4, 0.5) is 8.78 Å². The van der Waals surface area contributed by atoms with E-state index in [0.717, 1.165) is 15.6 Å². The first-order chi connectivity index (χ1) is 9.56. The Hall–Kier alpha value is -1.06. The molecule has 2 aromatic rings. The molecule has 20 heavy (non-hydrogen) atoms. The summed E-state index contributed by atoms with van der Waals surface area (Å²) in [7, 11) is 0. The number of aromatic nitrogens is 3. The second-order valence-electron chi connectivity index (χ2n) is 3.84. The molecule has 0 radical (unpaired) electrons. The van der Waals surface area contributed by atoms with Gasteiger partial charge in [0.25, 0.3) is 17.5 Å². The van der Waals surface area contributed by atoms with E-state index in [1.807, 2.05) is 13.8 Å². The van der Waals surface area contributed by atoms with Gasteiger partial charge in [0.1, 0.15) is 11.5 Å². The van der Waals surface area contributed by atoms with Crippen LogP contribution in [0.25, 0.3) is 10.8 Å². The smallest absolute Gasteiger partial charge is 0.276 e. The molecule has 0 unspecified atom stereocenters. The lowest BCUT2D eigenvalue weighted by atomic mass is 10.4. The largest absolute Gasteiger partial charge is 0.410 e. The molecule has 2 rings (SSSR count). The first-order valence-electron chi connectivity index (χ1n) is 5.83. The summed E-state index contributed by atoms with van der Waals surface area (Å²) in [6.07, 6.45) is -2.44. The van der Waals surface area contributed by atoms with E-state index in [1.165, 1.54) is 23.1 Å². The number of thiazole rings is 1. The zero-order valence-electron chi connectivity index (χ0n) is 10.9. The minimum atomic E-state index is -2.44. The van der Waals surface area contributed by atoms with E-state index in [-0.39, 0.29) is 6.61 Å². The van der Waals surface area contributed by atoms with Crippen LogP contribution in [0.3, 0.4) is 0 Å². The Labute approximate surface area is 122 Å². The Morgan fingerprint density at radius 1 is 1.35 bits per heavy atom. The van der Waals surface area contributed by atoms with Crippen LogP contribution in [0.5, 0.6) is 0 Å². The summed E-state index contributed by atoms with van der Waals surface area (Å²) in [5.74, 6) is 0.916. The van der Waals surface area contributed by atoms with E-state index in [2.05, 4.69) is 15.2 Å². The maximum absolute atomic E-state index is 11.8. The highest BCUT2D eigenvalue weighted by Gasteiger charge is 2.15. The Kier molecular flexibility index (Phi) is 5.44. The van der Waals surface area contributed by atoms with Gasteiger partial charge in [-0.1, -0.05) is 11.8 Å². The molecule has 0 fully saturated rings. The molecule has 0 spiro atoms. The fraction of sp³-hybridized carbons (Fsp3) is 0.545. The zero-order valence-corrected chi connectivity index (χ0v) is 12.6. The van der Waals surface area contributed by atoms with Gasteiger partial charge in [-0.05, 0) is 13.8 Å². The third kappa shape index (κ3) is 4.22. The van der Waals surface area contributed by atoms with E-state index in [1.54, 1.807) is 0 Å². The van der Waals surface area contributed by atoms with Crippen molar-refractivity contribution < 1.29 is 17.9 Å². The standard InChI is InChI=1S/C11H13F2N3O2S2/c1-6-9(20-7(2)14-6)10-15-16-11(18-10)19-4-3-17-5-8(12)13/h8H,3-5H2,1-2H3. The second kappa shape index (κ2) is 7.09. The third-order valence-electron chi connectivity index (χ3n) is 2.20. The van der Waals surface area contributed by atoms with Gasteiger partial charge in [-0.2, -0.15) is 0 Å². The van der Waals surface area contributed by atoms with Crippen LogP contribution in [-0.4, -0.2) is 40.6 Å². The number of ether oxygens (including phenoxy) is 1. The number of hydrogen-bond acceptors (Lipinski definition) is 7. The van der Waals surface area contributed by atoms with Crippen LogP contribution in [0.2, 0.25) is 0 Å². The van der Waals surface area contributed by atoms with Crippen molar-refractivity contribution in [2.45, 2.75) is 25.5 Å². The normalized spacial score (nSPS) is 11.4. The monoisotopic (exact) mass is 321 g/mol. The van der Waals surface area contributed by atoms with Gasteiger partial charge in [-0.15, -0.1) is 21.5 Å². The predicted octanol–water partition coefficient (Wildman–Crippen LogP) is 3.18. The van der Waals surface area contributed by atoms with E-state index in [4.69, 9.17) is 9.15 Å². The van der Waals surface area contributed by atoms with Crippen LogP contribution >= 0.6 is 23.1 Å². The van der Waals surface area contributed by atoms with Crippen molar-refractivity contribution in [1.29, 1.82) is 0 Å². The number of rotatable bonds is 7. The van der Waals surface area contributed by atoms with Crippen LogP contribution in [0.15, 0.2) is 9.64 Å². The van der Waals surface area contributed by atoms with Gasteiger partial charge in [-0.25, -0.2) is 13.8 Å². The topological polar surface area (TPSA) is 61.0 Å². The first-order valence-corrected chi connectivity index (χ1v) is 7.63. The molecular weight excluding hydrogens is 308 g/mol. The summed E-state index contributed by atoms with van der Waals surface area (Å²) in [5.41, 5.74) is 0.855. The highest BCUT2D eigenvalue weighted by atomic mass is 32.2. The van der Waals surface area contributed by atoms with Gasteiger partial charge in [0.15, 0.2) is 0 Å². The molecule has 0 aliphatic carbocycles. The number of nitrogens with zero attached hydrogens (tertiary/aromatic N) is 3. The maximum Gasteiger partial charge on any atom is 0.276 e. The quantitative estimate of drug-likeness (QED) is 0.576. The Morgan fingerprint density at radius 2 is 2.15 bits per heavy atom. The first kappa shape index (κ1) is 15.3. The molecule has 0 aliphatic heterocycles. The van der Waals surface area contributed by atoms with Crippen molar-refractivity contribution >= 4 is 23.1 Å². The predicted molar refractivity (Wildman–Crippen MR) is 72.4 cm³/mol. The van der Waals surface area contributed by atoms with E-state index in [9.17, 15) is 8.78 Å². The molecule has 110 valence electrons. The Morgan fingerprint density at radius 3 is 2.80 bits per heavy atom. The zero-order chi connectivity index (χ0) is 14.5. The van der Waals surface area contributed by atoms with Crippen molar-refractivity contribution in [2.75, 3.05) is 19.0 Å². The summed E-state index contributed by atoms with van der Waals surface area (Å²) in [6, 6.07) is 0. The summed E-state index contributed by atoms with van der Waals surface area (Å²) < 4.78 is 33.9. The van der Waals surface area contributed by atoms with Gasteiger partial charge in [0.2, 0.25) is 0 Å². The fourth-order valence-electron chi connectivity index (χ4n) is 1.45. The van der Waals surface area contributed by atoms with Crippen LogP contribution in [0.1, 0.15) is 10.7 Å². The third-order valence-corrected chi connectivity index (χ3v) is 4.04. The van der Waals surface area contributed by atoms with Crippen LogP contribution < -0.4 is 0 Å². The molecule has 0 aliphatic rings. The van der Waals surface area contributed by atoms with Crippen molar-refractivity contribution in [2.24, 2.45) is 0 Å². The van der Waals surface area contributed by atoms with Gasteiger partial charge < -0.3 is 9.15 Å². The van der Waals surface area contributed by atoms with Gasteiger partial charge in [0.05, 0.1) is 17.3 Å². The highest BCUT2D eigenvalue weighted by molar-refractivity contribution is 7.99. The van der Waals surface area contributed by atoms with Crippen molar-refractivity contribution in [1.82, 2.24) is 15.2 Å². The molecular formula is C11H13F2N3O2S2. The number of thioether (sulfide) groups is 1. The van der Waals surface area contributed by atoms with E-state index in [0.29, 0.717) is 16.9 Å². The van der Waals surface area contributed by atoms with Crippen molar-refractivity contribution in [3.8, 4) is 10.8 Å². The fourth-order valence-corrected chi connectivity index (χ4v) is 2.90. The number of hydrogen-bond donors (Lipinski definition) is 0. The average molecular weight is 321 g/mol. The molecule has 0 saturated carbocycles. The van der Waals surface area contributed by atoms with E-state index < -0.39 is 13.0 Å². The van der Waals surface area contributed by atoms with Crippen LogP contribution in [-0.2, 0) is 4.74 Å². The molecule has 2 aromatic heterocycles. The molecule has 5 nitrogen and oxygen atoms in total. The van der Waals surface area contributed by atoms with E-state index >= 15 is 0 Å². The lowest BCUT2D eigenvalue weighted by Crippen LogP contribution is -2.06. The maximum atomic E-state index is 11.8. The molecule has 0 amide bonds. The molecule has 9 heteroatoms. The van der Waals surface area contributed by atoms with Gasteiger partial charge >= 0.3 is 0 Å². The van der Waals surface area contributed by atoms with Crippen LogP contribution in [0, 0.1) is 13.8 Å². The van der Waals surface area contributed by atoms with Gasteiger partial charge in [0, 0.05) is 5.75 Å². The summed E-state index contributed by atoms with van der Waals surface area (Å²) >= 11 is 2.77. The Bertz CT molecular complexity index is 560. The molecule has 0 aromatic carbocycles. The molecule has 0 bridgehead atoms. The number of halogens is 2. The highest BCUT2D eigenvalue weighted by Crippen LogP contribution is 2.30. The molecule has 0 atom stereocenters. The molecule has 0 N–H and O–H groups in total. The average Bonchev–Trinajstić information content (AvgIpc) is 2.95. The summed E-state index contributed by atoms with van der Waals surface area (Å²) in [5, 5.41) is 9.19. The summed E-state index contributed by atoms with van der Waals surface area (Å²) in [6.45, 7) is 3.46. The SMILES string of the molecule is Cc1nc(C)c(-c2nnc(SCCOCC(F)F)o2)s1.